The van der Waals surface area contributed by atoms with Crippen LogP contribution in [-0.2, 0) is 17.8 Å². The van der Waals surface area contributed by atoms with E-state index in [0.717, 1.165) is 19.4 Å². The number of likely N-dealkylation sites (N-methyl/N-ethyl adjacent to an activating group) is 1. The van der Waals surface area contributed by atoms with Crippen molar-refractivity contribution >= 4 is 6.03 Å². The summed E-state index contributed by atoms with van der Waals surface area (Å²) in [6.45, 7) is 1.52. The second-order valence-electron chi connectivity index (χ2n) is 4.76. The van der Waals surface area contributed by atoms with Gasteiger partial charge in [-0.05, 0) is 12.8 Å². The fourth-order valence-electron chi connectivity index (χ4n) is 2.05. The van der Waals surface area contributed by atoms with Crippen LogP contribution in [0.5, 0.6) is 0 Å². The number of urea groups is 1. The molecule has 0 spiro atoms. The predicted molar refractivity (Wildman–Crippen MR) is 68.9 cm³/mol. The summed E-state index contributed by atoms with van der Waals surface area (Å²) >= 11 is 0. The zero-order valence-corrected chi connectivity index (χ0v) is 11.5. The van der Waals surface area contributed by atoms with Gasteiger partial charge in [0.25, 0.3) is 5.89 Å². The summed E-state index contributed by atoms with van der Waals surface area (Å²) in [6, 6.07) is -0.147. The van der Waals surface area contributed by atoms with Crippen LogP contribution in [0.1, 0.15) is 24.6 Å². The summed E-state index contributed by atoms with van der Waals surface area (Å²) in [4.78, 5) is 17.4. The highest BCUT2D eigenvalue weighted by atomic mass is 16.5. The largest absolute Gasteiger partial charge is 0.387 e. The minimum Gasteiger partial charge on any atom is -0.387 e. The number of aliphatic hydroxyl groups is 1. The Labute approximate surface area is 117 Å². The average Bonchev–Trinajstić information content (AvgIpc) is 3.09. The molecule has 0 bridgehead atoms. The van der Waals surface area contributed by atoms with Gasteiger partial charge in [0.1, 0.15) is 6.61 Å². The predicted octanol–water partition coefficient (Wildman–Crippen LogP) is -0.0752. The summed E-state index contributed by atoms with van der Waals surface area (Å²) < 4.78 is 10.2. The van der Waals surface area contributed by atoms with E-state index in [4.69, 9.17) is 14.4 Å². The standard InChI is InChI=1S/C12H20N4O4/c1-16(7-9-3-2-6-19-9)12(18)13-5-4-10-14-11(8-17)20-15-10/h9,17H,2-8H2,1H3,(H,13,18). The van der Waals surface area contributed by atoms with Gasteiger partial charge in [-0.15, -0.1) is 0 Å². The molecule has 8 nitrogen and oxygen atoms in total. The number of aliphatic hydroxyl groups excluding tert-OH is 1. The molecule has 1 atom stereocenters. The third kappa shape index (κ3) is 4.17. The number of nitrogens with zero attached hydrogens (tertiary/aromatic N) is 3. The number of ether oxygens (including phenoxy) is 1. The van der Waals surface area contributed by atoms with Crippen LogP contribution in [0.3, 0.4) is 0 Å². The highest BCUT2D eigenvalue weighted by Crippen LogP contribution is 2.12. The number of rotatable bonds is 6. The number of hydrogen-bond acceptors (Lipinski definition) is 6. The Kier molecular flexibility index (Phi) is 5.31. The van der Waals surface area contributed by atoms with Crippen LogP contribution in [0.4, 0.5) is 4.79 Å². The molecule has 1 aromatic rings. The molecule has 2 heterocycles. The van der Waals surface area contributed by atoms with Crippen LogP contribution in [-0.4, -0.2) is 59.0 Å². The highest BCUT2D eigenvalue weighted by molar-refractivity contribution is 5.73. The van der Waals surface area contributed by atoms with E-state index in [2.05, 4.69) is 15.5 Å². The summed E-state index contributed by atoms with van der Waals surface area (Å²) in [6.07, 6.45) is 2.67. The second-order valence-corrected chi connectivity index (χ2v) is 4.76. The number of hydrogen-bond donors (Lipinski definition) is 2. The number of aromatic nitrogens is 2. The van der Waals surface area contributed by atoms with E-state index in [1.807, 2.05) is 0 Å². The molecule has 112 valence electrons. The summed E-state index contributed by atoms with van der Waals surface area (Å²) in [5.74, 6) is 0.651. The molecule has 1 aliphatic heterocycles. The van der Waals surface area contributed by atoms with Crippen molar-refractivity contribution in [3.05, 3.63) is 11.7 Å². The van der Waals surface area contributed by atoms with Gasteiger partial charge in [0.15, 0.2) is 5.82 Å². The van der Waals surface area contributed by atoms with E-state index < -0.39 is 0 Å². The van der Waals surface area contributed by atoms with Crippen molar-refractivity contribution in [3.63, 3.8) is 0 Å². The van der Waals surface area contributed by atoms with E-state index in [0.29, 0.717) is 25.3 Å². The fourth-order valence-corrected chi connectivity index (χ4v) is 2.05. The minimum atomic E-state index is -0.274. The van der Waals surface area contributed by atoms with Crippen molar-refractivity contribution in [2.45, 2.75) is 32.0 Å². The molecule has 2 amide bonds. The Bertz CT molecular complexity index is 431. The van der Waals surface area contributed by atoms with E-state index in [1.54, 1.807) is 11.9 Å². The zero-order chi connectivity index (χ0) is 14.4. The van der Waals surface area contributed by atoms with Crippen LogP contribution in [0.2, 0.25) is 0 Å². The maximum Gasteiger partial charge on any atom is 0.317 e. The normalized spacial score (nSPS) is 18.2. The molecule has 1 fully saturated rings. The topological polar surface area (TPSA) is 101 Å². The molecule has 1 aliphatic rings. The van der Waals surface area contributed by atoms with Gasteiger partial charge in [-0.1, -0.05) is 5.16 Å². The number of carbonyl (C=O) groups excluding carboxylic acids is 1. The van der Waals surface area contributed by atoms with Crippen molar-refractivity contribution in [1.29, 1.82) is 0 Å². The first-order valence-corrected chi connectivity index (χ1v) is 6.72. The van der Waals surface area contributed by atoms with E-state index in [1.165, 1.54) is 0 Å². The van der Waals surface area contributed by atoms with Gasteiger partial charge in [-0.25, -0.2) is 4.79 Å². The van der Waals surface area contributed by atoms with E-state index in [9.17, 15) is 4.79 Å². The van der Waals surface area contributed by atoms with Crippen molar-refractivity contribution in [3.8, 4) is 0 Å². The molecule has 1 unspecified atom stereocenters. The average molecular weight is 284 g/mol. The Morgan fingerprint density at radius 3 is 3.10 bits per heavy atom. The second kappa shape index (κ2) is 7.20. The lowest BCUT2D eigenvalue weighted by molar-refractivity contribution is 0.0875. The van der Waals surface area contributed by atoms with Crippen molar-refractivity contribution in [2.24, 2.45) is 0 Å². The molecule has 0 saturated carbocycles. The quantitative estimate of drug-likeness (QED) is 0.758. The first-order chi connectivity index (χ1) is 9.69. The fraction of sp³-hybridized carbons (Fsp3) is 0.750. The molecular weight excluding hydrogens is 264 g/mol. The van der Waals surface area contributed by atoms with Crippen LogP contribution >= 0.6 is 0 Å². The first-order valence-electron chi connectivity index (χ1n) is 6.72. The Morgan fingerprint density at radius 2 is 2.45 bits per heavy atom. The maximum absolute atomic E-state index is 11.8. The molecule has 1 aromatic heterocycles. The van der Waals surface area contributed by atoms with Gasteiger partial charge in [0, 0.05) is 33.2 Å². The van der Waals surface area contributed by atoms with Crippen molar-refractivity contribution in [1.82, 2.24) is 20.4 Å². The summed E-state index contributed by atoms with van der Waals surface area (Å²) in [7, 11) is 1.75. The number of carbonyl (C=O) groups is 1. The van der Waals surface area contributed by atoms with Crippen molar-refractivity contribution in [2.75, 3.05) is 26.7 Å². The zero-order valence-electron chi connectivity index (χ0n) is 11.5. The van der Waals surface area contributed by atoms with E-state index in [-0.39, 0.29) is 24.6 Å². The third-order valence-electron chi connectivity index (χ3n) is 3.12. The van der Waals surface area contributed by atoms with Gasteiger partial charge >= 0.3 is 6.03 Å². The molecule has 0 aromatic carbocycles. The molecule has 20 heavy (non-hydrogen) atoms. The molecule has 0 aliphatic carbocycles. The Balaban J connectivity index is 1.66. The van der Waals surface area contributed by atoms with Gasteiger partial charge < -0.3 is 24.6 Å². The number of amides is 2. The lowest BCUT2D eigenvalue weighted by atomic mass is 10.2. The van der Waals surface area contributed by atoms with Gasteiger partial charge in [0.05, 0.1) is 6.10 Å². The van der Waals surface area contributed by atoms with Crippen LogP contribution in [0, 0.1) is 0 Å². The van der Waals surface area contributed by atoms with Crippen LogP contribution < -0.4 is 5.32 Å². The molecule has 1 saturated heterocycles. The monoisotopic (exact) mass is 284 g/mol. The molecule has 8 heteroatoms. The smallest absolute Gasteiger partial charge is 0.317 e. The summed E-state index contributed by atoms with van der Waals surface area (Å²) in [5.41, 5.74) is 0. The third-order valence-corrected chi connectivity index (χ3v) is 3.12. The van der Waals surface area contributed by atoms with E-state index >= 15 is 0 Å². The highest BCUT2D eigenvalue weighted by Gasteiger charge is 2.19. The van der Waals surface area contributed by atoms with Gasteiger partial charge in [0.2, 0.25) is 0 Å². The lowest BCUT2D eigenvalue weighted by Gasteiger charge is -2.21. The Hall–Kier alpha value is -1.67. The molecule has 2 rings (SSSR count). The van der Waals surface area contributed by atoms with Crippen LogP contribution in [0.25, 0.3) is 0 Å². The number of nitrogens with one attached hydrogen (secondary N) is 1. The first kappa shape index (κ1) is 14.7. The molecule has 0 radical (unpaired) electrons. The summed E-state index contributed by atoms with van der Waals surface area (Å²) in [5, 5.41) is 15.2. The molecular formula is C12H20N4O4. The van der Waals surface area contributed by atoms with Gasteiger partial charge in [-0.3, -0.25) is 0 Å². The van der Waals surface area contributed by atoms with Crippen LogP contribution in [0.15, 0.2) is 4.52 Å². The van der Waals surface area contributed by atoms with Gasteiger partial charge in [-0.2, -0.15) is 4.98 Å². The maximum atomic E-state index is 11.8. The lowest BCUT2D eigenvalue weighted by Crippen LogP contribution is -2.41. The van der Waals surface area contributed by atoms with Crippen molar-refractivity contribution < 1.29 is 19.2 Å². The molecule has 2 N–H and O–H groups in total. The SMILES string of the molecule is CN(CC1CCCO1)C(=O)NCCc1noc(CO)n1. The minimum absolute atomic E-state index is 0.147. The Morgan fingerprint density at radius 1 is 1.60 bits per heavy atom.